The lowest BCUT2D eigenvalue weighted by atomic mass is 9.91. The lowest BCUT2D eigenvalue weighted by molar-refractivity contribution is 0.0582. The Bertz CT molecular complexity index is 1220. The maximum absolute atomic E-state index is 13.6. The number of amides is 1. The summed E-state index contributed by atoms with van der Waals surface area (Å²) >= 11 is 0. The summed E-state index contributed by atoms with van der Waals surface area (Å²) in [4.78, 5) is 27.2. The van der Waals surface area contributed by atoms with Crippen molar-refractivity contribution in [2.75, 3.05) is 34.5 Å². The van der Waals surface area contributed by atoms with E-state index in [-0.39, 0.29) is 18.6 Å². The highest BCUT2D eigenvalue weighted by atomic mass is 16.5. The van der Waals surface area contributed by atoms with Crippen molar-refractivity contribution in [3.63, 3.8) is 0 Å². The van der Waals surface area contributed by atoms with Crippen molar-refractivity contribution in [1.29, 1.82) is 0 Å². The summed E-state index contributed by atoms with van der Waals surface area (Å²) < 4.78 is 21.9. The second-order valence-electron chi connectivity index (χ2n) is 8.37. The molecule has 3 aromatic rings. The van der Waals surface area contributed by atoms with Gasteiger partial charge in [0.2, 0.25) is 0 Å². The monoisotopic (exact) mass is 475 g/mol. The second kappa shape index (κ2) is 10.5. The average Bonchev–Trinajstić information content (AvgIpc) is 2.90. The van der Waals surface area contributed by atoms with E-state index in [1.165, 1.54) is 7.11 Å². The van der Waals surface area contributed by atoms with Crippen LogP contribution in [-0.2, 0) is 11.2 Å². The maximum Gasteiger partial charge on any atom is 0.337 e. The molecule has 1 heterocycles. The van der Waals surface area contributed by atoms with Crippen LogP contribution in [-0.4, -0.2) is 51.3 Å². The maximum atomic E-state index is 13.6. The SMILES string of the molecule is COC(=O)c1ccc(OCC2c3cc(OC)c(OC)cc3CCN2C(=O)c2cccc(C)c2)cc1. The Labute approximate surface area is 205 Å². The van der Waals surface area contributed by atoms with Crippen LogP contribution in [0.4, 0.5) is 0 Å². The van der Waals surface area contributed by atoms with Gasteiger partial charge >= 0.3 is 5.97 Å². The van der Waals surface area contributed by atoms with Crippen LogP contribution in [0.15, 0.2) is 60.7 Å². The van der Waals surface area contributed by atoms with Gasteiger partial charge in [-0.2, -0.15) is 0 Å². The van der Waals surface area contributed by atoms with E-state index in [4.69, 9.17) is 18.9 Å². The highest BCUT2D eigenvalue weighted by Gasteiger charge is 2.33. The minimum atomic E-state index is -0.409. The fraction of sp³-hybridized carbons (Fsp3) is 0.286. The van der Waals surface area contributed by atoms with Gasteiger partial charge in [-0.15, -0.1) is 0 Å². The summed E-state index contributed by atoms with van der Waals surface area (Å²) in [5.74, 6) is 1.39. The molecule has 0 saturated carbocycles. The topological polar surface area (TPSA) is 74.3 Å². The summed E-state index contributed by atoms with van der Waals surface area (Å²) in [7, 11) is 4.55. The molecule has 7 heteroatoms. The first-order valence-electron chi connectivity index (χ1n) is 11.4. The van der Waals surface area contributed by atoms with E-state index in [1.807, 2.05) is 48.2 Å². The zero-order valence-corrected chi connectivity index (χ0v) is 20.4. The predicted molar refractivity (Wildman–Crippen MR) is 131 cm³/mol. The number of carbonyl (C=O) groups excluding carboxylic acids is 2. The van der Waals surface area contributed by atoms with Gasteiger partial charge in [-0.1, -0.05) is 17.7 Å². The summed E-state index contributed by atoms with van der Waals surface area (Å²) in [6.45, 7) is 2.75. The molecule has 3 aromatic carbocycles. The normalized spacial score (nSPS) is 14.6. The number of nitrogens with zero attached hydrogens (tertiary/aromatic N) is 1. The van der Waals surface area contributed by atoms with E-state index >= 15 is 0 Å². The van der Waals surface area contributed by atoms with Gasteiger partial charge in [0.15, 0.2) is 11.5 Å². The third-order valence-electron chi connectivity index (χ3n) is 6.21. The van der Waals surface area contributed by atoms with Crippen molar-refractivity contribution in [2.24, 2.45) is 0 Å². The average molecular weight is 476 g/mol. The molecule has 1 unspecified atom stereocenters. The Morgan fingerprint density at radius 1 is 0.914 bits per heavy atom. The zero-order valence-electron chi connectivity index (χ0n) is 20.4. The molecule has 0 radical (unpaired) electrons. The first-order valence-corrected chi connectivity index (χ1v) is 11.4. The standard InChI is InChI=1S/C28H29NO6/c1-18-6-5-7-21(14-18)27(30)29-13-12-20-15-25(32-2)26(33-3)16-23(20)24(29)17-35-22-10-8-19(9-11-22)28(31)34-4/h5-11,14-16,24H,12-13,17H2,1-4H3. The van der Waals surface area contributed by atoms with Gasteiger partial charge in [0.05, 0.1) is 32.9 Å². The van der Waals surface area contributed by atoms with E-state index in [9.17, 15) is 9.59 Å². The fourth-order valence-corrected chi connectivity index (χ4v) is 4.38. The number of methoxy groups -OCH3 is 3. The number of benzene rings is 3. The van der Waals surface area contributed by atoms with Gasteiger partial charge in [0.25, 0.3) is 5.91 Å². The van der Waals surface area contributed by atoms with Crippen LogP contribution in [0.2, 0.25) is 0 Å². The van der Waals surface area contributed by atoms with E-state index in [0.717, 1.165) is 16.7 Å². The van der Waals surface area contributed by atoms with Gasteiger partial charge in [-0.25, -0.2) is 4.79 Å². The van der Waals surface area contributed by atoms with E-state index in [0.29, 0.717) is 41.3 Å². The first kappa shape index (κ1) is 24.1. The first-order chi connectivity index (χ1) is 16.9. The molecule has 1 amide bonds. The Morgan fingerprint density at radius 3 is 2.29 bits per heavy atom. The van der Waals surface area contributed by atoms with Gasteiger partial charge in [-0.05, 0) is 73.0 Å². The number of fused-ring (bicyclic) bond motifs is 1. The minimum absolute atomic E-state index is 0.0521. The number of aryl methyl sites for hydroxylation is 1. The molecule has 1 aliphatic rings. The molecule has 0 aliphatic carbocycles. The number of esters is 1. The van der Waals surface area contributed by atoms with Crippen molar-refractivity contribution in [2.45, 2.75) is 19.4 Å². The van der Waals surface area contributed by atoms with Gasteiger partial charge in [-0.3, -0.25) is 4.79 Å². The van der Waals surface area contributed by atoms with E-state index < -0.39 is 5.97 Å². The molecule has 182 valence electrons. The second-order valence-corrected chi connectivity index (χ2v) is 8.37. The smallest absolute Gasteiger partial charge is 0.337 e. The van der Waals surface area contributed by atoms with Crippen LogP contribution in [0.25, 0.3) is 0 Å². The van der Waals surface area contributed by atoms with E-state index in [2.05, 4.69) is 0 Å². The van der Waals surface area contributed by atoms with Crippen LogP contribution < -0.4 is 14.2 Å². The van der Waals surface area contributed by atoms with Crippen LogP contribution in [0.1, 0.15) is 43.4 Å². The number of carbonyl (C=O) groups is 2. The van der Waals surface area contributed by atoms with Crippen LogP contribution in [0.5, 0.6) is 17.2 Å². The van der Waals surface area contributed by atoms with E-state index in [1.54, 1.807) is 38.5 Å². The molecule has 0 N–H and O–H groups in total. The molecular weight excluding hydrogens is 446 g/mol. The summed E-state index contributed by atoms with van der Waals surface area (Å²) in [5.41, 5.74) is 4.15. The Balaban J connectivity index is 1.66. The molecule has 7 nitrogen and oxygen atoms in total. The largest absolute Gasteiger partial charge is 0.493 e. The number of hydrogen-bond donors (Lipinski definition) is 0. The predicted octanol–water partition coefficient (Wildman–Crippen LogP) is 4.62. The van der Waals surface area contributed by atoms with Gasteiger partial charge in [0, 0.05) is 12.1 Å². The van der Waals surface area contributed by atoms with Crippen molar-refractivity contribution >= 4 is 11.9 Å². The van der Waals surface area contributed by atoms with Crippen LogP contribution in [0, 0.1) is 6.92 Å². The summed E-state index contributed by atoms with van der Waals surface area (Å²) in [5, 5.41) is 0. The third kappa shape index (κ3) is 5.09. The highest BCUT2D eigenvalue weighted by Crippen LogP contribution is 2.39. The molecule has 0 saturated heterocycles. The zero-order chi connectivity index (χ0) is 24.9. The van der Waals surface area contributed by atoms with Crippen molar-refractivity contribution < 1.29 is 28.5 Å². The van der Waals surface area contributed by atoms with Gasteiger partial charge < -0.3 is 23.8 Å². The minimum Gasteiger partial charge on any atom is -0.493 e. The molecule has 0 bridgehead atoms. The third-order valence-corrected chi connectivity index (χ3v) is 6.21. The highest BCUT2D eigenvalue weighted by molar-refractivity contribution is 5.95. The van der Waals surface area contributed by atoms with Crippen molar-refractivity contribution in [3.8, 4) is 17.2 Å². The lowest BCUT2D eigenvalue weighted by Crippen LogP contribution is -2.42. The Hall–Kier alpha value is -4.00. The Morgan fingerprint density at radius 2 is 1.63 bits per heavy atom. The molecule has 0 aromatic heterocycles. The van der Waals surface area contributed by atoms with Crippen LogP contribution >= 0.6 is 0 Å². The Kier molecular flexibility index (Phi) is 7.25. The lowest BCUT2D eigenvalue weighted by Gasteiger charge is -2.37. The van der Waals surface area contributed by atoms with Crippen molar-refractivity contribution in [3.05, 3.63) is 88.5 Å². The molecular formula is C28H29NO6. The molecule has 4 rings (SSSR count). The molecule has 0 fully saturated rings. The quantitative estimate of drug-likeness (QED) is 0.465. The van der Waals surface area contributed by atoms with Crippen LogP contribution in [0.3, 0.4) is 0 Å². The summed E-state index contributed by atoms with van der Waals surface area (Å²) in [6, 6.07) is 17.9. The number of ether oxygens (including phenoxy) is 4. The van der Waals surface area contributed by atoms with Crippen molar-refractivity contribution in [1.82, 2.24) is 4.90 Å². The molecule has 1 atom stereocenters. The fourth-order valence-electron chi connectivity index (χ4n) is 4.38. The molecule has 1 aliphatic heterocycles. The van der Waals surface area contributed by atoms with Gasteiger partial charge in [0.1, 0.15) is 12.4 Å². The molecule has 0 spiro atoms. The summed E-state index contributed by atoms with van der Waals surface area (Å²) in [6.07, 6.45) is 0.692. The number of rotatable bonds is 7. The number of hydrogen-bond acceptors (Lipinski definition) is 6. The molecule has 35 heavy (non-hydrogen) atoms.